The number of ether oxygens (including phenoxy) is 1. The fourth-order valence-electron chi connectivity index (χ4n) is 2.63. The molecule has 2 amide bonds. The number of carboxylic acids is 1. The highest BCUT2D eigenvalue weighted by Gasteiger charge is 2.36. The molecule has 1 unspecified atom stereocenters. The number of benzene rings is 1. The van der Waals surface area contributed by atoms with Gasteiger partial charge in [-0.15, -0.1) is 11.8 Å². The molecule has 26 heavy (non-hydrogen) atoms. The van der Waals surface area contributed by atoms with Crippen LogP contribution >= 0.6 is 11.8 Å². The zero-order chi connectivity index (χ0) is 19.1. The summed E-state index contributed by atoms with van der Waals surface area (Å²) >= 11 is 1.59. The molecule has 1 aliphatic rings. The fourth-order valence-corrected chi connectivity index (χ4v) is 3.80. The molecular weight excluding hydrogens is 356 g/mol. The number of carboxylic acid groups (broad SMARTS) is 1. The second kappa shape index (κ2) is 9.47. The van der Waals surface area contributed by atoms with Crippen LogP contribution in [0.25, 0.3) is 0 Å². The van der Waals surface area contributed by atoms with E-state index in [4.69, 9.17) is 9.84 Å². The van der Waals surface area contributed by atoms with Crippen molar-refractivity contribution in [2.45, 2.75) is 32.2 Å². The van der Waals surface area contributed by atoms with E-state index >= 15 is 0 Å². The molecule has 7 nitrogen and oxygen atoms in total. The second-order valence-electron chi connectivity index (χ2n) is 6.06. The number of aliphatic carboxylic acids is 1. The molecule has 1 aromatic rings. The summed E-state index contributed by atoms with van der Waals surface area (Å²) in [7, 11) is 1.67. The third kappa shape index (κ3) is 5.14. The third-order valence-electron chi connectivity index (χ3n) is 4.15. The highest BCUT2D eigenvalue weighted by atomic mass is 32.2. The molecule has 0 aromatic heterocycles. The monoisotopic (exact) mass is 380 g/mol. The van der Waals surface area contributed by atoms with E-state index in [0.29, 0.717) is 29.5 Å². The molecule has 1 N–H and O–H groups in total. The van der Waals surface area contributed by atoms with Crippen molar-refractivity contribution in [1.29, 1.82) is 0 Å². The Labute approximate surface area is 157 Å². The minimum absolute atomic E-state index is 0.0287. The Morgan fingerprint density at radius 1 is 1.31 bits per heavy atom. The summed E-state index contributed by atoms with van der Waals surface area (Å²) in [4.78, 5) is 38.9. The van der Waals surface area contributed by atoms with E-state index in [9.17, 15) is 14.4 Å². The molecule has 8 heteroatoms. The fraction of sp³-hybridized carbons (Fsp3) is 0.500. The molecule has 0 radical (unpaired) electrons. The van der Waals surface area contributed by atoms with Gasteiger partial charge in [-0.1, -0.05) is 13.3 Å². The summed E-state index contributed by atoms with van der Waals surface area (Å²) in [6.45, 7) is 1.62. The topological polar surface area (TPSA) is 87.2 Å². The number of likely N-dealkylation sites (N-methyl/N-ethyl adjacent to an activating group) is 1. The van der Waals surface area contributed by atoms with Gasteiger partial charge in [0, 0.05) is 24.9 Å². The van der Waals surface area contributed by atoms with Gasteiger partial charge in [0.2, 0.25) is 11.8 Å². The zero-order valence-electron chi connectivity index (χ0n) is 15.0. The van der Waals surface area contributed by atoms with E-state index in [1.165, 1.54) is 4.90 Å². The first kappa shape index (κ1) is 20.1. The van der Waals surface area contributed by atoms with Crippen LogP contribution in [0.2, 0.25) is 0 Å². The lowest BCUT2D eigenvalue weighted by atomic mass is 10.2. The zero-order valence-corrected chi connectivity index (χ0v) is 15.8. The van der Waals surface area contributed by atoms with Crippen LogP contribution < -0.4 is 9.64 Å². The van der Waals surface area contributed by atoms with Crippen molar-refractivity contribution in [2.75, 3.05) is 30.2 Å². The summed E-state index contributed by atoms with van der Waals surface area (Å²) in [5, 5.41) is 8.62. The molecule has 1 fully saturated rings. The van der Waals surface area contributed by atoms with Crippen molar-refractivity contribution in [3.63, 3.8) is 0 Å². The van der Waals surface area contributed by atoms with Gasteiger partial charge in [-0.3, -0.25) is 9.59 Å². The molecule has 1 aliphatic heterocycles. The largest absolute Gasteiger partial charge is 0.482 e. The highest BCUT2D eigenvalue weighted by molar-refractivity contribution is 7.99. The van der Waals surface area contributed by atoms with Gasteiger partial charge in [-0.05, 0) is 30.7 Å². The van der Waals surface area contributed by atoms with Gasteiger partial charge in [0.25, 0.3) is 0 Å². The van der Waals surface area contributed by atoms with Gasteiger partial charge < -0.3 is 19.6 Å². The number of amides is 2. The lowest BCUT2D eigenvalue weighted by Gasteiger charge is -2.27. The average Bonchev–Trinajstić information content (AvgIpc) is 3.13. The predicted molar refractivity (Wildman–Crippen MR) is 100 cm³/mol. The first-order valence-electron chi connectivity index (χ1n) is 8.53. The maximum absolute atomic E-state index is 12.8. The van der Waals surface area contributed by atoms with Gasteiger partial charge in [0.15, 0.2) is 6.61 Å². The van der Waals surface area contributed by atoms with Crippen LogP contribution in [0.15, 0.2) is 24.3 Å². The number of hydrogen-bond acceptors (Lipinski definition) is 5. The number of anilines is 1. The molecule has 0 saturated carbocycles. The minimum Gasteiger partial charge on any atom is -0.482 e. The minimum atomic E-state index is -1.05. The van der Waals surface area contributed by atoms with Crippen molar-refractivity contribution in [2.24, 2.45) is 0 Å². The normalized spacial score (nSPS) is 16.4. The first-order valence-corrected chi connectivity index (χ1v) is 9.69. The lowest BCUT2D eigenvalue weighted by Crippen LogP contribution is -2.48. The molecule has 2 rings (SSSR count). The van der Waals surface area contributed by atoms with Crippen molar-refractivity contribution in [1.82, 2.24) is 4.90 Å². The number of carbonyl (C=O) groups is 3. The predicted octanol–water partition coefficient (Wildman–Crippen LogP) is 2.20. The number of nitrogens with zero attached hydrogens (tertiary/aromatic N) is 2. The Morgan fingerprint density at radius 2 is 2.00 bits per heavy atom. The van der Waals surface area contributed by atoms with Crippen LogP contribution in [0, 0.1) is 0 Å². The Morgan fingerprint density at radius 3 is 2.62 bits per heavy atom. The summed E-state index contributed by atoms with van der Waals surface area (Å²) in [6, 6.07) is 6.18. The highest BCUT2D eigenvalue weighted by Crippen LogP contribution is 2.26. The van der Waals surface area contributed by atoms with E-state index in [-0.39, 0.29) is 11.8 Å². The van der Waals surface area contributed by atoms with Crippen LogP contribution in [0.3, 0.4) is 0 Å². The maximum atomic E-state index is 12.8. The molecule has 1 atom stereocenters. The van der Waals surface area contributed by atoms with Crippen molar-refractivity contribution >= 4 is 35.2 Å². The van der Waals surface area contributed by atoms with Crippen LogP contribution in [0.4, 0.5) is 5.69 Å². The van der Waals surface area contributed by atoms with E-state index in [1.807, 2.05) is 6.92 Å². The molecule has 0 aliphatic carbocycles. The molecule has 1 aromatic carbocycles. The lowest BCUT2D eigenvalue weighted by molar-refractivity contribution is -0.139. The average molecular weight is 380 g/mol. The Balaban J connectivity index is 2.01. The van der Waals surface area contributed by atoms with Gasteiger partial charge in [0.1, 0.15) is 11.8 Å². The molecule has 1 heterocycles. The van der Waals surface area contributed by atoms with Crippen LogP contribution in [-0.4, -0.2) is 59.1 Å². The van der Waals surface area contributed by atoms with E-state index in [0.717, 1.165) is 12.8 Å². The summed E-state index contributed by atoms with van der Waals surface area (Å²) in [5.74, 6) is 0.424. The van der Waals surface area contributed by atoms with Gasteiger partial charge >= 0.3 is 5.97 Å². The molecule has 142 valence electrons. The SMILES string of the molecule is CCCCC(=O)N1CSCC1C(=O)N(C)c1ccc(OCC(=O)O)cc1. The van der Waals surface area contributed by atoms with Crippen molar-refractivity contribution < 1.29 is 24.2 Å². The molecule has 0 bridgehead atoms. The Hall–Kier alpha value is -2.22. The number of thioether (sulfide) groups is 1. The van der Waals surface area contributed by atoms with Crippen molar-refractivity contribution in [3.8, 4) is 5.75 Å². The molecular formula is C18H24N2O5S. The van der Waals surface area contributed by atoms with Gasteiger partial charge in [0.05, 0.1) is 5.88 Å². The van der Waals surface area contributed by atoms with E-state index in [2.05, 4.69) is 0 Å². The smallest absolute Gasteiger partial charge is 0.341 e. The Bertz CT molecular complexity index is 649. The number of carbonyl (C=O) groups excluding carboxylic acids is 2. The number of unbranched alkanes of at least 4 members (excludes halogenated alkanes) is 1. The van der Waals surface area contributed by atoms with E-state index in [1.54, 1.807) is 48.0 Å². The molecule has 1 saturated heterocycles. The first-order chi connectivity index (χ1) is 12.4. The van der Waals surface area contributed by atoms with E-state index < -0.39 is 18.6 Å². The Kier molecular flexibility index (Phi) is 7.32. The van der Waals surface area contributed by atoms with Gasteiger partial charge in [-0.2, -0.15) is 0 Å². The second-order valence-corrected chi connectivity index (χ2v) is 7.06. The third-order valence-corrected chi connectivity index (χ3v) is 5.16. The standard InChI is InChI=1S/C18H24N2O5S/c1-3-4-5-16(21)20-12-26-11-15(20)18(24)19(2)13-6-8-14(9-7-13)25-10-17(22)23/h6-9,15H,3-5,10-12H2,1-2H3,(H,22,23). The maximum Gasteiger partial charge on any atom is 0.341 e. The van der Waals surface area contributed by atoms with Crippen LogP contribution in [0.1, 0.15) is 26.2 Å². The van der Waals surface area contributed by atoms with Gasteiger partial charge in [-0.25, -0.2) is 4.79 Å². The quantitative estimate of drug-likeness (QED) is 0.744. The number of hydrogen-bond donors (Lipinski definition) is 1. The number of rotatable bonds is 8. The molecule has 0 spiro atoms. The summed E-state index contributed by atoms with van der Waals surface area (Å²) in [6.07, 6.45) is 2.25. The summed E-state index contributed by atoms with van der Waals surface area (Å²) < 4.78 is 5.09. The summed E-state index contributed by atoms with van der Waals surface area (Å²) in [5.41, 5.74) is 0.663. The van der Waals surface area contributed by atoms with Crippen LogP contribution in [0.5, 0.6) is 5.75 Å². The van der Waals surface area contributed by atoms with Crippen molar-refractivity contribution in [3.05, 3.63) is 24.3 Å². The van der Waals surface area contributed by atoms with Crippen LogP contribution in [-0.2, 0) is 14.4 Å².